The fourth-order valence-electron chi connectivity index (χ4n) is 3.34. The summed E-state index contributed by atoms with van der Waals surface area (Å²) in [6.45, 7) is 9.04. The third-order valence-electron chi connectivity index (χ3n) is 4.64. The number of likely N-dealkylation sites (N-methyl/N-ethyl adjacent to an activating group) is 1. The molecular weight excluding hydrogens is 328 g/mol. The molecule has 6 heteroatoms. The zero-order valence-corrected chi connectivity index (χ0v) is 16.2. The van der Waals surface area contributed by atoms with Crippen molar-refractivity contribution in [2.75, 3.05) is 13.6 Å². The molecule has 1 aliphatic rings. The second-order valence-electron chi connectivity index (χ2n) is 8.52. The number of likely N-dealkylation sites (tertiary alicyclic amines) is 1. The lowest BCUT2D eigenvalue weighted by molar-refractivity contribution is -0.123. The molecule has 6 nitrogen and oxygen atoms in total. The Morgan fingerprint density at radius 2 is 2.00 bits per heavy atom. The summed E-state index contributed by atoms with van der Waals surface area (Å²) in [4.78, 5) is 18.9. The highest BCUT2D eigenvalue weighted by Crippen LogP contribution is 2.31. The van der Waals surface area contributed by atoms with Gasteiger partial charge in [0.15, 0.2) is 0 Å². The van der Waals surface area contributed by atoms with Crippen LogP contribution in [0, 0.1) is 12.3 Å². The summed E-state index contributed by atoms with van der Waals surface area (Å²) in [5, 5.41) is 7.27. The lowest BCUT2D eigenvalue weighted by Crippen LogP contribution is -2.38. The number of hydrogen-bond acceptors (Lipinski definition) is 5. The van der Waals surface area contributed by atoms with Gasteiger partial charge in [-0.1, -0.05) is 55.8 Å². The normalized spacial score (nSPS) is 21.1. The summed E-state index contributed by atoms with van der Waals surface area (Å²) in [6.07, 6.45) is 1.30. The van der Waals surface area contributed by atoms with E-state index < -0.39 is 0 Å². The molecule has 1 aliphatic heterocycles. The summed E-state index contributed by atoms with van der Waals surface area (Å²) < 4.78 is 5.52. The van der Waals surface area contributed by atoms with Crippen molar-refractivity contribution in [2.24, 2.45) is 5.41 Å². The molecule has 0 bridgehead atoms. The topological polar surface area (TPSA) is 71.3 Å². The molecule has 1 aromatic carbocycles. The monoisotopic (exact) mass is 356 g/mol. The summed E-state index contributed by atoms with van der Waals surface area (Å²) in [6, 6.07) is 8.20. The standard InChI is InChI=1S/C20H28N4O2/c1-13-6-8-14(9-7-13)18-22-19(26-23-18)16-10-15(12-24(16)5)21-17(25)11-20(2,3)4/h6-9,15-16H,10-12H2,1-5H3,(H,21,25). The first-order valence-corrected chi connectivity index (χ1v) is 9.11. The van der Waals surface area contributed by atoms with Gasteiger partial charge in [-0.2, -0.15) is 4.98 Å². The first kappa shape index (κ1) is 18.6. The minimum atomic E-state index is -0.0105. The van der Waals surface area contributed by atoms with Gasteiger partial charge in [0.05, 0.1) is 6.04 Å². The highest BCUT2D eigenvalue weighted by Gasteiger charge is 2.35. The third kappa shape index (κ3) is 4.49. The van der Waals surface area contributed by atoms with Crippen LogP contribution < -0.4 is 5.32 Å². The van der Waals surface area contributed by atoms with E-state index in [1.807, 2.05) is 38.2 Å². The van der Waals surface area contributed by atoms with E-state index in [2.05, 4.69) is 41.1 Å². The van der Waals surface area contributed by atoms with Gasteiger partial charge in [-0.25, -0.2) is 0 Å². The smallest absolute Gasteiger partial charge is 0.244 e. The van der Waals surface area contributed by atoms with Crippen molar-refractivity contribution in [1.29, 1.82) is 0 Å². The number of carbonyl (C=O) groups excluding carboxylic acids is 1. The fraction of sp³-hybridized carbons (Fsp3) is 0.550. The van der Waals surface area contributed by atoms with Gasteiger partial charge in [0.25, 0.3) is 0 Å². The Kier molecular flexibility index (Phi) is 5.14. The van der Waals surface area contributed by atoms with E-state index in [0.717, 1.165) is 18.5 Å². The van der Waals surface area contributed by atoms with E-state index in [-0.39, 0.29) is 23.4 Å². The molecule has 140 valence electrons. The van der Waals surface area contributed by atoms with Crippen LogP contribution in [0.25, 0.3) is 11.4 Å². The molecule has 0 radical (unpaired) electrons. The number of benzene rings is 1. The highest BCUT2D eigenvalue weighted by atomic mass is 16.5. The van der Waals surface area contributed by atoms with E-state index in [1.165, 1.54) is 5.56 Å². The average molecular weight is 356 g/mol. The number of aryl methyl sites for hydroxylation is 1. The quantitative estimate of drug-likeness (QED) is 0.910. The number of carbonyl (C=O) groups is 1. The van der Waals surface area contributed by atoms with Crippen LogP contribution >= 0.6 is 0 Å². The molecule has 26 heavy (non-hydrogen) atoms. The molecule has 2 atom stereocenters. The van der Waals surface area contributed by atoms with E-state index in [0.29, 0.717) is 18.1 Å². The summed E-state index contributed by atoms with van der Waals surface area (Å²) >= 11 is 0. The summed E-state index contributed by atoms with van der Waals surface area (Å²) in [7, 11) is 2.02. The van der Waals surface area contributed by atoms with Crippen LogP contribution in [0.5, 0.6) is 0 Å². The first-order chi connectivity index (χ1) is 12.2. The Hall–Kier alpha value is -2.21. The summed E-state index contributed by atoms with van der Waals surface area (Å²) in [5.74, 6) is 1.31. The maximum atomic E-state index is 12.2. The number of rotatable bonds is 4. The number of nitrogens with zero attached hydrogens (tertiary/aromatic N) is 3. The fourth-order valence-corrected chi connectivity index (χ4v) is 3.34. The second-order valence-corrected chi connectivity index (χ2v) is 8.52. The number of hydrogen-bond donors (Lipinski definition) is 1. The third-order valence-corrected chi connectivity index (χ3v) is 4.64. The molecule has 1 amide bonds. The van der Waals surface area contributed by atoms with Gasteiger partial charge >= 0.3 is 0 Å². The Bertz CT molecular complexity index is 761. The van der Waals surface area contributed by atoms with Crippen LogP contribution in [0.2, 0.25) is 0 Å². The van der Waals surface area contributed by atoms with Crippen LogP contribution in [0.1, 0.15) is 51.1 Å². The molecule has 1 fully saturated rings. The van der Waals surface area contributed by atoms with Gasteiger partial charge in [0.1, 0.15) is 0 Å². The number of amides is 1. The molecule has 0 spiro atoms. The number of nitrogens with one attached hydrogen (secondary N) is 1. The van der Waals surface area contributed by atoms with Crippen LogP contribution in [0.15, 0.2) is 28.8 Å². The van der Waals surface area contributed by atoms with Crippen molar-refractivity contribution >= 4 is 5.91 Å². The van der Waals surface area contributed by atoms with E-state index in [4.69, 9.17) is 4.52 Å². The molecule has 2 unspecified atom stereocenters. The van der Waals surface area contributed by atoms with Gasteiger partial charge in [-0.15, -0.1) is 0 Å². The Morgan fingerprint density at radius 1 is 1.31 bits per heavy atom. The van der Waals surface area contributed by atoms with Crippen molar-refractivity contribution in [3.05, 3.63) is 35.7 Å². The molecule has 2 aromatic rings. The minimum Gasteiger partial charge on any atom is -0.352 e. The van der Waals surface area contributed by atoms with E-state index >= 15 is 0 Å². The Labute approximate surface area is 155 Å². The van der Waals surface area contributed by atoms with E-state index in [1.54, 1.807) is 0 Å². The van der Waals surface area contributed by atoms with Crippen LogP contribution in [-0.2, 0) is 4.79 Å². The molecule has 2 heterocycles. The van der Waals surface area contributed by atoms with Gasteiger partial charge in [-0.05, 0) is 25.8 Å². The van der Waals surface area contributed by atoms with Crippen molar-refractivity contribution in [1.82, 2.24) is 20.4 Å². The second kappa shape index (κ2) is 7.19. The zero-order chi connectivity index (χ0) is 18.9. The maximum Gasteiger partial charge on any atom is 0.244 e. The maximum absolute atomic E-state index is 12.2. The predicted molar refractivity (Wildman–Crippen MR) is 100 cm³/mol. The number of aromatic nitrogens is 2. The van der Waals surface area contributed by atoms with Crippen molar-refractivity contribution in [2.45, 2.75) is 52.6 Å². The van der Waals surface area contributed by atoms with Crippen LogP contribution in [0.4, 0.5) is 0 Å². The Morgan fingerprint density at radius 3 is 2.65 bits per heavy atom. The van der Waals surface area contributed by atoms with Gasteiger partial charge in [0, 0.05) is 24.6 Å². The first-order valence-electron chi connectivity index (χ1n) is 9.11. The lowest BCUT2D eigenvalue weighted by Gasteiger charge is -2.19. The van der Waals surface area contributed by atoms with Crippen molar-refractivity contribution in [3.63, 3.8) is 0 Å². The molecule has 1 aromatic heterocycles. The SMILES string of the molecule is Cc1ccc(-c2noc(C3CC(NC(=O)CC(C)(C)C)CN3C)n2)cc1. The zero-order valence-electron chi connectivity index (χ0n) is 16.2. The molecule has 3 rings (SSSR count). The van der Waals surface area contributed by atoms with Crippen molar-refractivity contribution < 1.29 is 9.32 Å². The lowest BCUT2D eigenvalue weighted by atomic mass is 9.92. The summed E-state index contributed by atoms with van der Waals surface area (Å²) in [5.41, 5.74) is 2.13. The molecule has 0 saturated carbocycles. The Balaban J connectivity index is 1.65. The molecule has 1 saturated heterocycles. The molecule has 1 N–H and O–H groups in total. The molecule has 0 aliphatic carbocycles. The van der Waals surface area contributed by atoms with Gasteiger partial charge in [0.2, 0.25) is 17.6 Å². The van der Waals surface area contributed by atoms with Crippen LogP contribution in [0.3, 0.4) is 0 Å². The average Bonchev–Trinajstić information content (AvgIpc) is 3.13. The highest BCUT2D eigenvalue weighted by molar-refractivity contribution is 5.77. The molecular formula is C20H28N4O2. The van der Waals surface area contributed by atoms with Crippen LogP contribution in [-0.4, -0.2) is 40.6 Å². The minimum absolute atomic E-state index is 0.0105. The largest absolute Gasteiger partial charge is 0.352 e. The van der Waals surface area contributed by atoms with Gasteiger partial charge < -0.3 is 9.84 Å². The van der Waals surface area contributed by atoms with Gasteiger partial charge in [-0.3, -0.25) is 9.69 Å². The predicted octanol–water partition coefficient (Wildman–Crippen LogP) is 3.34. The van der Waals surface area contributed by atoms with E-state index in [9.17, 15) is 4.79 Å². The van der Waals surface area contributed by atoms with Crippen molar-refractivity contribution in [3.8, 4) is 11.4 Å².